The van der Waals surface area contributed by atoms with Gasteiger partial charge in [-0.2, -0.15) is 0 Å². The highest BCUT2D eigenvalue weighted by Gasteiger charge is 2.21. The van der Waals surface area contributed by atoms with Crippen LogP contribution in [-0.2, 0) is 11.3 Å². The van der Waals surface area contributed by atoms with Crippen LogP contribution in [0, 0.1) is 0 Å². The van der Waals surface area contributed by atoms with Crippen molar-refractivity contribution < 1.29 is 9.53 Å². The number of carbonyl (C=O) groups is 1. The second-order valence-corrected chi connectivity index (χ2v) is 9.01. The van der Waals surface area contributed by atoms with Crippen LogP contribution in [0.2, 0.25) is 5.02 Å². The maximum atomic E-state index is 12.7. The molecule has 1 fully saturated rings. The van der Waals surface area contributed by atoms with E-state index in [-0.39, 0.29) is 5.91 Å². The minimum absolute atomic E-state index is 0.128. The maximum Gasteiger partial charge on any atom is 0.233 e. The van der Waals surface area contributed by atoms with Crippen LogP contribution in [0.25, 0.3) is 0 Å². The van der Waals surface area contributed by atoms with Gasteiger partial charge in [0.2, 0.25) is 5.91 Å². The Labute approximate surface area is 203 Å². The number of amides is 1. The van der Waals surface area contributed by atoms with Crippen LogP contribution in [0.15, 0.2) is 66.0 Å². The van der Waals surface area contributed by atoms with Gasteiger partial charge in [0.15, 0.2) is 0 Å². The van der Waals surface area contributed by atoms with Crippen molar-refractivity contribution in [1.29, 1.82) is 0 Å². The summed E-state index contributed by atoms with van der Waals surface area (Å²) in [7, 11) is 1.66. The van der Waals surface area contributed by atoms with E-state index < -0.39 is 0 Å². The monoisotopic (exact) mass is 483 g/mol. The summed E-state index contributed by atoms with van der Waals surface area (Å²) >= 11 is 7.36. The van der Waals surface area contributed by atoms with Gasteiger partial charge in [-0.15, -0.1) is 0 Å². The van der Waals surface area contributed by atoms with Crippen molar-refractivity contribution in [3.05, 3.63) is 71.5 Å². The van der Waals surface area contributed by atoms with Gasteiger partial charge in [-0.3, -0.25) is 4.79 Å². The summed E-state index contributed by atoms with van der Waals surface area (Å²) in [6.45, 7) is 3.69. The lowest BCUT2D eigenvalue weighted by molar-refractivity contribution is -0.128. The van der Waals surface area contributed by atoms with Gasteiger partial charge in [-0.25, -0.2) is 9.97 Å². The number of halogens is 1. The molecule has 1 aliphatic heterocycles. The fourth-order valence-electron chi connectivity index (χ4n) is 3.54. The first-order valence-corrected chi connectivity index (χ1v) is 12.1. The number of ether oxygens (including phenoxy) is 1. The van der Waals surface area contributed by atoms with Crippen molar-refractivity contribution in [3.63, 3.8) is 0 Å². The predicted molar refractivity (Wildman–Crippen MR) is 133 cm³/mol. The lowest BCUT2D eigenvalue weighted by Gasteiger charge is -2.36. The summed E-state index contributed by atoms with van der Waals surface area (Å²) in [5.41, 5.74) is 2.26. The van der Waals surface area contributed by atoms with E-state index in [9.17, 15) is 4.79 Å². The molecule has 3 aromatic rings. The van der Waals surface area contributed by atoms with Crippen molar-refractivity contribution in [2.24, 2.45) is 0 Å². The molecule has 0 atom stereocenters. The Bertz CT molecular complexity index is 1060. The van der Waals surface area contributed by atoms with E-state index in [0.717, 1.165) is 40.9 Å². The predicted octanol–water partition coefficient (Wildman–Crippen LogP) is 4.19. The number of nitrogens with zero attached hydrogens (tertiary/aromatic N) is 4. The third-order valence-corrected chi connectivity index (χ3v) is 6.60. The van der Waals surface area contributed by atoms with E-state index in [1.165, 1.54) is 18.1 Å². The third-order valence-electron chi connectivity index (χ3n) is 5.44. The Morgan fingerprint density at radius 3 is 2.48 bits per heavy atom. The summed E-state index contributed by atoms with van der Waals surface area (Å²) in [4.78, 5) is 25.5. The molecule has 33 heavy (non-hydrogen) atoms. The van der Waals surface area contributed by atoms with Gasteiger partial charge in [-0.1, -0.05) is 35.5 Å². The van der Waals surface area contributed by atoms with Crippen molar-refractivity contribution in [1.82, 2.24) is 14.9 Å². The molecule has 2 heterocycles. The normalized spacial score (nSPS) is 13.6. The molecule has 1 aromatic heterocycles. The standard InChI is InChI=1S/C24H26ClN5O2S/c1-32-21-8-6-20(7-9-21)29-10-12-30(13-11-29)24(31)16-33-23-14-22(27-17-28-23)26-15-18-2-4-19(25)5-3-18/h2-9,14,17H,10-13,15-16H2,1H3,(H,26,27,28). The molecule has 1 aliphatic rings. The van der Waals surface area contributed by atoms with Crippen molar-refractivity contribution >= 4 is 40.8 Å². The summed E-state index contributed by atoms with van der Waals surface area (Å²) in [5.74, 6) is 2.06. The Balaban J connectivity index is 1.23. The van der Waals surface area contributed by atoms with Gasteiger partial charge in [0, 0.05) is 49.5 Å². The molecule has 2 aromatic carbocycles. The van der Waals surface area contributed by atoms with E-state index in [1.807, 2.05) is 47.4 Å². The van der Waals surface area contributed by atoms with Crippen LogP contribution in [0.4, 0.5) is 11.5 Å². The molecule has 0 spiro atoms. The zero-order chi connectivity index (χ0) is 23.0. The van der Waals surface area contributed by atoms with E-state index in [1.54, 1.807) is 7.11 Å². The fourth-order valence-corrected chi connectivity index (χ4v) is 4.44. The smallest absolute Gasteiger partial charge is 0.233 e. The minimum Gasteiger partial charge on any atom is -0.497 e. The Morgan fingerprint density at radius 2 is 1.79 bits per heavy atom. The molecule has 0 aliphatic carbocycles. The summed E-state index contributed by atoms with van der Waals surface area (Å²) < 4.78 is 5.22. The van der Waals surface area contributed by atoms with Gasteiger partial charge < -0.3 is 19.9 Å². The molecule has 0 radical (unpaired) electrons. The quantitative estimate of drug-likeness (QED) is 0.380. The maximum absolute atomic E-state index is 12.7. The zero-order valence-electron chi connectivity index (χ0n) is 18.4. The lowest BCUT2D eigenvalue weighted by Crippen LogP contribution is -2.49. The largest absolute Gasteiger partial charge is 0.497 e. The molecule has 1 saturated heterocycles. The Hall–Kier alpha value is -2.97. The highest BCUT2D eigenvalue weighted by molar-refractivity contribution is 7.99. The van der Waals surface area contributed by atoms with Crippen LogP contribution in [0.3, 0.4) is 0 Å². The number of piperazine rings is 1. The number of hydrogen-bond donors (Lipinski definition) is 1. The summed E-state index contributed by atoms with van der Waals surface area (Å²) in [6.07, 6.45) is 1.52. The highest BCUT2D eigenvalue weighted by atomic mass is 35.5. The second kappa shape index (κ2) is 11.2. The van der Waals surface area contributed by atoms with E-state index in [0.29, 0.717) is 30.4 Å². The van der Waals surface area contributed by atoms with Crippen LogP contribution in [0.5, 0.6) is 5.75 Å². The number of rotatable bonds is 8. The van der Waals surface area contributed by atoms with E-state index in [2.05, 4.69) is 32.3 Å². The van der Waals surface area contributed by atoms with Crippen molar-refractivity contribution in [3.8, 4) is 5.75 Å². The molecule has 0 unspecified atom stereocenters. The number of hydrogen-bond acceptors (Lipinski definition) is 7. The summed E-state index contributed by atoms with van der Waals surface area (Å²) in [5, 5.41) is 4.77. The molecule has 7 nitrogen and oxygen atoms in total. The first-order chi connectivity index (χ1) is 16.1. The molecule has 1 amide bonds. The van der Waals surface area contributed by atoms with E-state index in [4.69, 9.17) is 16.3 Å². The lowest BCUT2D eigenvalue weighted by atomic mass is 10.2. The average molecular weight is 484 g/mol. The second-order valence-electron chi connectivity index (χ2n) is 7.58. The SMILES string of the molecule is COc1ccc(N2CCN(C(=O)CSc3cc(NCc4ccc(Cl)cc4)ncn3)CC2)cc1. The van der Waals surface area contributed by atoms with Crippen LogP contribution >= 0.6 is 23.4 Å². The number of methoxy groups -OCH3 is 1. The summed E-state index contributed by atoms with van der Waals surface area (Å²) in [6, 6.07) is 17.6. The van der Waals surface area contributed by atoms with Crippen LogP contribution in [-0.4, -0.2) is 59.8 Å². The number of benzene rings is 2. The fraction of sp³-hybridized carbons (Fsp3) is 0.292. The number of carbonyl (C=O) groups excluding carboxylic acids is 1. The molecule has 9 heteroatoms. The Morgan fingerprint density at radius 1 is 1.06 bits per heavy atom. The molecular weight excluding hydrogens is 458 g/mol. The number of nitrogens with one attached hydrogen (secondary N) is 1. The van der Waals surface area contributed by atoms with E-state index >= 15 is 0 Å². The Kier molecular flexibility index (Phi) is 7.91. The molecule has 4 rings (SSSR count). The number of anilines is 2. The average Bonchev–Trinajstić information content (AvgIpc) is 2.87. The first-order valence-electron chi connectivity index (χ1n) is 10.7. The molecule has 1 N–H and O–H groups in total. The van der Waals surface area contributed by atoms with Gasteiger partial charge in [0.05, 0.1) is 12.9 Å². The van der Waals surface area contributed by atoms with Gasteiger partial charge in [-0.05, 0) is 42.0 Å². The van der Waals surface area contributed by atoms with Crippen LogP contribution < -0.4 is 15.0 Å². The van der Waals surface area contributed by atoms with Crippen molar-refractivity contribution in [2.45, 2.75) is 11.6 Å². The zero-order valence-corrected chi connectivity index (χ0v) is 20.0. The first kappa shape index (κ1) is 23.2. The van der Waals surface area contributed by atoms with Gasteiger partial charge in [0.25, 0.3) is 0 Å². The minimum atomic E-state index is 0.128. The van der Waals surface area contributed by atoms with Crippen LogP contribution in [0.1, 0.15) is 5.56 Å². The van der Waals surface area contributed by atoms with Gasteiger partial charge >= 0.3 is 0 Å². The molecular formula is C24H26ClN5O2S. The van der Waals surface area contributed by atoms with Gasteiger partial charge in [0.1, 0.15) is 22.9 Å². The number of thioether (sulfide) groups is 1. The topological polar surface area (TPSA) is 70.6 Å². The molecule has 0 bridgehead atoms. The third kappa shape index (κ3) is 6.52. The molecule has 172 valence electrons. The number of aromatic nitrogens is 2. The molecule has 0 saturated carbocycles. The highest BCUT2D eigenvalue weighted by Crippen LogP contribution is 2.22. The van der Waals surface area contributed by atoms with Crippen molar-refractivity contribution in [2.75, 3.05) is 49.3 Å².